The molecule has 140 valence electrons. The molecule has 1 aromatic heterocycles. The van der Waals surface area contributed by atoms with Crippen LogP contribution in [0.1, 0.15) is 23.7 Å². The molecule has 2 heterocycles. The number of carbonyl (C=O) groups excluding carboxylic acids is 2. The molecule has 1 fully saturated rings. The summed E-state index contributed by atoms with van der Waals surface area (Å²) in [4.78, 5) is 27.5. The first kappa shape index (κ1) is 19.0. The highest BCUT2D eigenvalue weighted by Gasteiger charge is 2.41. The van der Waals surface area contributed by atoms with Gasteiger partial charge in [-0.2, -0.15) is 0 Å². The number of hydrogen-bond acceptors (Lipinski definition) is 5. The van der Waals surface area contributed by atoms with Crippen molar-refractivity contribution in [2.24, 2.45) is 11.7 Å². The fourth-order valence-electron chi connectivity index (χ4n) is 3.35. The van der Waals surface area contributed by atoms with Gasteiger partial charge in [-0.15, -0.1) is 0 Å². The lowest BCUT2D eigenvalue weighted by Gasteiger charge is -2.19. The molecule has 0 radical (unpaired) electrons. The van der Waals surface area contributed by atoms with E-state index in [-0.39, 0.29) is 12.2 Å². The first-order valence-corrected chi connectivity index (χ1v) is 8.88. The minimum Gasteiger partial charge on any atom is -0.572 e. The molecule has 2 amide bonds. The van der Waals surface area contributed by atoms with E-state index in [1.807, 2.05) is 6.92 Å². The lowest BCUT2D eigenvalue weighted by atomic mass is 9.72. The van der Waals surface area contributed by atoms with Crippen LogP contribution < -0.4 is 20.4 Å². The van der Waals surface area contributed by atoms with Crippen LogP contribution in [0.5, 0.6) is 11.6 Å². The van der Waals surface area contributed by atoms with Gasteiger partial charge in [-0.25, -0.2) is 9.37 Å². The zero-order valence-electron chi connectivity index (χ0n) is 15.2. The maximum absolute atomic E-state index is 13.9. The van der Waals surface area contributed by atoms with Crippen molar-refractivity contribution in [1.82, 2.24) is 10.3 Å². The second kappa shape index (κ2) is 7.85. The van der Waals surface area contributed by atoms with E-state index in [2.05, 4.69) is 10.3 Å². The Bertz CT molecular complexity index is 883. The maximum Gasteiger partial charge on any atom is 0.290 e. The van der Waals surface area contributed by atoms with Gasteiger partial charge in [0.05, 0.1) is 11.6 Å². The van der Waals surface area contributed by atoms with Gasteiger partial charge >= 0.3 is 0 Å². The number of ether oxygens (including phenoxy) is 1. The molecule has 7 nitrogen and oxygen atoms in total. The lowest BCUT2D eigenvalue weighted by Crippen LogP contribution is -2.34. The summed E-state index contributed by atoms with van der Waals surface area (Å²) >= 11 is 0. The average Bonchev–Trinajstić information content (AvgIpc) is 2.92. The fraction of sp³-hybridized carbons (Fsp3) is 0.353. The van der Waals surface area contributed by atoms with Gasteiger partial charge < -0.3 is 20.4 Å². The molecule has 3 N–H and O–H groups in total. The Morgan fingerprint density at radius 3 is 2.93 bits per heavy atom. The molecular formula is C17H20B2FN3O4. The molecule has 1 saturated heterocycles. The number of aromatic nitrogens is 1. The molecule has 0 bridgehead atoms. The van der Waals surface area contributed by atoms with Crippen molar-refractivity contribution in [2.75, 3.05) is 6.61 Å². The van der Waals surface area contributed by atoms with Gasteiger partial charge in [0.25, 0.3) is 19.2 Å². The first-order chi connectivity index (χ1) is 13.0. The molecule has 2 aromatic rings. The van der Waals surface area contributed by atoms with Crippen LogP contribution in [-0.4, -0.2) is 50.7 Å². The number of nitrogens with zero attached hydrogens (tertiary/aromatic N) is 1. The van der Waals surface area contributed by atoms with E-state index in [4.69, 9.17) is 15.1 Å². The van der Waals surface area contributed by atoms with Crippen LogP contribution in [0.3, 0.4) is 0 Å². The largest absolute Gasteiger partial charge is 0.572 e. The van der Waals surface area contributed by atoms with Crippen molar-refractivity contribution in [3.8, 4) is 11.6 Å². The first-order valence-electron chi connectivity index (χ1n) is 8.88. The monoisotopic (exact) mass is 371 g/mol. The Labute approximate surface area is 157 Å². The quantitative estimate of drug-likeness (QED) is 0.660. The van der Waals surface area contributed by atoms with Crippen LogP contribution in [0.25, 0.3) is 10.8 Å². The van der Waals surface area contributed by atoms with Crippen molar-refractivity contribution in [1.29, 1.82) is 0 Å². The van der Waals surface area contributed by atoms with Crippen molar-refractivity contribution < 1.29 is 23.4 Å². The van der Waals surface area contributed by atoms with E-state index in [1.54, 1.807) is 32.1 Å². The molecule has 0 spiro atoms. The van der Waals surface area contributed by atoms with Crippen LogP contribution in [-0.2, 0) is 4.79 Å². The molecule has 3 rings (SSSR count). The Kier molecular flexibility index (Phi) is 5.53. The van der Waals surface area contributed by atoms with E-state index in [0.717, 1.165) is 0 Å². The predicted molar refractivity (Wildman–Crippen MR) is 103 cm³/mol. The third-order valence-corrected chi connectivity index (χ3v) is 4.74. The fourth-order valence-corrected chi connectivity index (χ4v) is 3.35. The second-order valence-corrected chi connectivity index (χ2v) is 6.38. The van der Waals surface area contributed by atoms with E-state index >= 15 is 0 Å². The third-order valence-electron chi connectivity index (χ3n) is 4.74. The number of amides is 2. The van der Waals surface area contributed by atoms with E-state index in [9.17, 15) is 14.0 Å². The Morgan fingerprint density at radius 1 is 1.48 bits per heavy atom. The highest BCUT2D eigenvalue weighted by atomic mass is 19.1. The van der Waals surface area contributed by atoms with Gasteiger partial charge in [0.2, 0.25) is 5.88 Å². The maximum atomic E-state index is 13.9. The smallest absolute Gasteiger partial charge is 0.290 e. The van der Waals surface area contributed by atoms with Crippen LogP contribution in [0, 0.1) is 5.92 Å². The summed E-state index contributed by atoms with van der Waals surface area (Å²) in [6.07, 6.45) is 0.547. The van der Waals surface area contributed by atoms with E-state index < -0.39 is 29.9 Å². The molecule has 1 aromatic carbocycles. The molecule has 0 unspecified atom stereocenters. The van der Waals surface area contributed by atoms with Crippen molar-refractivity contribution in [3.05, 3.63) is 30.0 Å². The van der Waals surface area contributed by atoms with Gasteiger partial charge in [0.15, 0.2) is 6.17 Å². The van der Waals surface area contributed by atoms with Crippen molar-refractivity contribution in [3.63, 3.8) is 0 Å². The number of carbonyl (C=O) groups is 2. The Morgan fingerprint density at radius 2 is 2.26 bits per heavy atom. The van der Waals surface area contributed by atoms with E-state index in [0.29, 0.717) is 36.2 Å². The van der Waals surface area contributed by atoms with Crippen LogP contribution in [0.15, 0.2) is 24.4 Å². The number of rotatable bonds is 7. The normalized spacial score (nSPS) is 21.7. The number of pyridine rings is 1. The number of primary amides is 1. The van der Waals surface area contributed by atoms with Crippen molar-refractivity contribution in [2.45, 2.75) is 25.6 Å². The van der Waals surface area contributed by atoms with Crippen LogP contribution in [0.4, 0.5) is 4.39 Å². The lowest BCUT2D eigenvalue weighted by molar-refractivity contribution is -0.123. The summed E-state index contributed by atoms with van der Waals surface area (Å²) in [6.45, 7) is 1.93. The Hall–Kier alpha value is -2.77. The number of benzene rings is 1. The van der Waals surface area contributed by atoms with E-state index in [1.165, 1.54) is 0 Å². The topological polar surface area (TPSA) is 104 Å². The molecule has 0 aliphatic carbocycles. The van der Waals surface area contributed by atoms with Crippen LogP contribution in [0.2, 0.25) is 0 Å². The Balaban J connectivity index is 1.89. The highest BCUT2D eigenvalue weighted by molar-refractivity contribution is 6.85. The minimum absolute atomic E-state index is 0.0956. The summed E-state index contributed by atoms with van der Waals surface area (Å²) in [5.41, 5.74) is 5.70. The number of alkyl halides is 1. The number of halogens is 1. The molecule has 27 heavy (non-hydrogen) atoms. The van der Waals surface area contributed by atoms with Gasteiger partial charge in [0, 0.05) is 17.5 Å². The third kappa shape index (κ3) is 3.70. The summed E-state index contributed by atoms with van der Waals surface area (Å²) in [6, 6.07) is 4.59. The number of fused-ring (bicyclic) bond motifs is 1. The summed E-state index contributed by atoms with van der Waals surface area (Å²) in [7, 11) is 2.17. The molecule has 1 aliphatic heterocycles. The molecule has 10 heteroatoms. The second-order valence-electron chi connectivity index (χ2n) is 6.38. The van der Waals surface area contributed by atoms with Gasteiger partial charge in [0.1, 0.15) is 20.1 Å². The zero-order chi connectivity index (χ0) is 19.6. The highest BCUT2D eigenvalue weighted by Crippen LogP contribution is 2.31. The summed E-state index contributed by atoms with van der Waals surface area (Å²) < 4.78 is 25.2. The zero-order valence-corrected chi connectivity index (χ0v) is 15.2. The summed E-state index contributed by atoms with van der Waals surface area (Å²) in [5.74, 6) is -0.970. The average molecular weight is 371 g/mol. The standard InChI is InChI=1S/C17H20B2FN3O4/c1-2-9-12(23-16(25)14(9)20)7-26-17-10-6-13(27-19-18)11(15(21)24)5-8(10)3-4-22-17/h3-6,9,12,14,19H,2,7,18H2,1H3,(H2,21,24)(H,23,25)/t9-,12+,14-/m0/s1. The minimum atomic E-state index is -1.52. The number of nitrogens with two attached hydrogens (primary N) is 1. The molecule has 3 atom stereocenters. The predicted octanol–water partition coefficient (Wildman–Crippen LogP) is -0.146. The SMILES string of the molecule is BBOc1cc2c(OC[C@H]3NC(=O)[C@@H](F)[C@H]3CC)nccc2cc1C(N)=O. The number of nitrogens with one attached hydrogen (secondary N) is 1. The van der Waals surface area contributed by atoms with Crippen molar-refractivity contribution >= 4 is 37.7 Å². The molecule has 0 saturated carbocycles. The molecular weight excluding hydrogens is 351 g/mol. The molecule has 1 aliphatic rings. The van der Waals surface area contributed by atoms with Gasteiger partial charge in [-0.05, 0) is 30.0 Å². The number of hydrogen-bond donors (Lipinski definition) is 2. The summed E-state index contributed by atoms with van der Waals surface area (Å²) in [5, 5.41) is 3.98. The van der Waals surface area contributed by atoms with Gasteiger partial charge in [-0.3, -0.25) is 9.59 Å². The van der Waals surface area contributed by atoms with Gasteiger partial charge in [-0.1, -0.05) is 6.92 Å². The van der Waals surface area contributed by atoms with Crippen LogP contribution >= 0.6 is 0 Å².